The van der Waals surface area contributed by atoms with Crippen molar-refractivity contribution in [1.82, 2.24) is 0 Å². The zero-order valence-electron chi connectivity index (χ0n) is 11.0. The van der Waals surface area contributed by atoms with E-state index in [-0.39, 0.29) is 11.2 Å². The van der Waals surface area contributed by atoms with Crippen LogP contribution in [0.1, 0.15) is 27.2 Å². The van der Waals surface area contributed by atoms with Crippen molar-refractivity contribution in [2.45, 2.75) is 27.2 Å². The Bertz CT molecular complexity index is 350. The summed E-state index contributed by atoms with van der Waals surface area (Å²) >= 11 is 0. The Morgan fingerprint density at radius 2 is 2.06 bits per heavy atom. The molecule has 2 N–H and O–H groups in total. The lowest BCUT2D eigenvalue weighted by atomic mass is 9.89. The monoisotopic (exact) mass is 238 g/mol. The fraction of sp³-hybridized carbons (Fsp3) is 0.571. The van der Waals surface area contributed by atoms with E-state index >= 15 is 0 Å². The normalized spacial score (nSPS) is 11.6. The third-order valence-corrected chi connectivity index (χ3v) is 3.17. The molecule has 0 saturated heterocycles. The van der Waals surface area contributed by atoms with Crippen LogP contribution in [0.4, 0.5) is 10.1 Å². The van der Waals surface area contributed by atoms with Gasteiger partial charge in [0.15, 0.2) is 0 Å². The van der Waals surface area contributed by atoms with Crippen LogP contribution in [0, 0.1) is 11.2 Å². The molecule has 0 aliphatic rings. The molecule has 0 aromatic heterocycles. The first-order valence-corrected chi connectivity index (χ1v) is 6.19. The molecule has 0 fully saturated rings. The lowest BCUT2D eigenvalue weighted by molar-refractivity contribution is 0.349. The molecular weight excluding hydrogens is 215 g/mol. The summed E-state index contributed by atoms with van der Waals surface area (Å²) in [5.41, 5.74) is 6.80. The Morgan fingerprint density at radius 3 is 2.59 bits per heavy atom. The van der Waals surface area contributed by atoms with Crippen LogP contribution in [0.5, 0.6) is 0 Å². The highest BCUT2D eigenvalue weighted by Gasteiger charge is 2.17. The molecule has 0 heterocycles. The number of nitrogens with zero attached hydrogens (tertiary/aromatic N) is 1. The Labute approximate surface area is 104 Å². The predicted molar refractivity (Wildman–Crippen MR) is 71.7 cm³/mol. The Balaban J connectivity index is 2.66. The molecule has 0 aliphatic heterocycles. The highest BCUT2D eigenvalue weighted by molar-refractivity contribution is 5.46. The van der Waals surface area contributed by atoms with E-state index in [1.165, 1.54) is 6.07 Å². The molecule has 17 heavy (non-hydrogen) atoms. The average molecular weight is 238 g/mol. The van der Waals surface area contributed by atoms with E-state index in [0.717, 1.165) is 25.2 Å². The van der Waals surface area contributed by atoms with Crippen LogP contribution in [0.2, 0.25) is 0 Å². The van der Waals surface area contributed by atoms with Gasteiger partial charge >= 0.3 is 0 Å². The van der Waals surface area contributed by atoms with Crippen molar-refractivity contribution in [3.8, 4) is 0 Å². The van der Waals surface area contributed by atoms with Crippen molar-refractivity contribution in [3.05, 3.63) is 30.1 Å². The van der Waals surface area contributed by atoms with E-state index in [1.807, 2.05) is 6.07 Å². The van der Waals surface area contributed by atoms with Gasteiger partial charge in [0.25, 0.3) is 0 Å². The smallest absolute Gasteiger partial charge is 0.125 e. The molecule has 96 valence electrons. The second-order valence-electron chi connectivity index (χ2n) is 5.18. The Kier molecular flexibility index (Phi) is 4.94. The van der Waals surface area contributed by atoms with Gasteiger partial charge in [0.1, 0.15) is 5.82 Å². The van der Waals surface area contributed by atoms with Crippen molar-refractivity contribution in [2.24, 2.45) is 11.1 Å². The number of rotatable bonds is 6. The third-order valence-electron chi connectivity index (χ3n) is 3.17. The summed E-state index contributed by atoms with van der Waals surface area (Å²) < 4.78 is 13.2. The molecule has 0 spiro atoms. The Hall–Kier alpha value is -1.09. The highest BCUT2D eigenvalue weighted by Crippen LogP contribution is 2.22. The number of anilines is 1. The van der Waals surface area contributed by atoms with Gasteiger partial charge in [0.2, 0.25) is 0 Å². The topological polar surface area (TPSA) is 29.3 Å². The van der Waals surface area contributed by atoms with Crippen LogP contribution in [0.3, 0.4) is 0 Å². The van der Waals surface area contributed by atoms with Gasteiger partial charge in [-0.05, 0) is 43.5 Å². The molecule has 0 unspecified atom stereocenters. The molecular formula is C14H23FN2. The van der Waals surface area contributed by atoms with Gasteiger partial charge in [-0.2, -0.15) is 0 Å². The summed E-state index contributed by atoms with van der Waals surface area (Å²) in [4.78, 5) is 2.18. The van der Waals surface area contributed by atoms with Gasteiger partial charge in [0, 0.05) is 18.8 Å². The van der Waals surface area contributed by atoms with Crippen molar-refractivity contribution >= 4 is 5.69 Å². The van der Waals surface area contributed by atoms with Gasteiger partial charge < -0.3 is 10.6 Å². The summed E-state index contributed by atoms with van der Waals surface area (Å²) in [5.74, 6) is -0.181. The van der Waals surface area contributed by atoms with Crippen molar-refractivity contribution in [2.75, 3.05) is 24.5 Å². The number of benzene rings is 1. The molecule has 0 aliphatic carbocycles. The minimum atomic E-state index is -0.181. The van der Waals surface area contributed by atoms with Gasteiger partial charge in [0.05, 0.1) is 0 Å². The Morgan fingerprint density at radius 1 is 1.35 bits per heavy atom. The summed E-state index contributed by atoms with van der Waals surface area (Å²) in [7, 11) is 0. The van der Waals surface area contributed by atoms with Crippen LogP contribution in [-0.2, 0) is 0 Å². The number of halogens is 1. The largest absolute Gasteiger partial charge is 0.372 e. The summed E-state index contributed by atoms with van der Waals surface area (Å²) in [6.45, 7) is 8.86. The average Bonchev–Trinajstić information content (AvgIpc) is 2.30. The molecule has 1 aromatic rings. The quantitative estimate of drug-likeness (QED) is 0.825. The van der Waals surface area contributed by atoms with Gasteiger partial charge in [-0.1, -0.05) is 19.9 Å². The molecule has 0 amide bonds. The first kappa shape index (κ1) is 14.0. The molecule has 0 saturated carbocycles. The number of hydrogen-bond acceptors (Lipinski definition) is 2. The highest BCUT2D eigenvalue weighted by atomic mass is 19.1. The second kappa shape index (κ2) is 6.01. The number of nitrogens with two attached hydrogens (primary N) is 1. The first-order valence-electron chi connectivity index (χ1n) is 6.19. The minimum Gasteiger partial charge on any atom is -0.372 e. The first-order chi connectivity index (χ1) is 7.98. The van der Waals surface area contributed by atoms with Crippen molar-refractivity contribution in [1.29, 1.82) is 0 Å². The van der Waals surface area contributed by atoms with Gasteiger partial charge in [-0.25, -0.2) is 4.39 Å². The molecule has 0 bridgehead atoms. The van der Waals surface area contributed by atoms with Crippen LogP contribution in [0.25, 0.3) is 0 Å². The lowest BCUT2D eigenvalue weighted by Crippen LogP contribution is -2.31. The van der Waals surface area contributed by atoms with E-state index in [9.17, 15) is 4.39 Å². The van der Waals surface area contributed by atoms with Crippen LogP contribution in [0.15, 0.2) is 24.3 Å². The summed E-state index contributed by atoms with van der Waals surface area (Å²) in [6, 6.07) is 6.75. The fourth-order valence-corrected chi connectivity index (χ4v) is 1.68. The SMILES string of the molecule is CCN(CCC(C)(C)CN)c1cccc(F)c1. The second-order valence-corrected chi connectivity index (χ2v) is 5.18. The maximum absolute atomic E-state index is 13.2. The van der Waals surface area contributed by atoms with Gasteiger partial charge in [-0.3, -0.25) is 0 Å². The molecule has 0 radical (unpaired) electrons. The predicted octanol–water partition coefficient (Wildman–Crippen LogP) is 3.03. The van der Waals surface area contributed by atoms with E-state index in [0.29, 0.717) is 6.54 Å². The molecule has 2 nitrogen and oxygen atoms in total. The minimum absolute atomic E-state index is 0.140. The van der Waals surface area contributed by atoms with Crippen molar-refractivity contribution < 1.29 is 4.39 Å². The molecule has 1 rings (SSSR count). The fourth-order valence-electron chi connectivity index (χ4n) is 1.68. The molecule has 0 atom stereocenters. The van der Waals surface area contributed by atoms with E-state index in [2.05, 4.69) is 25.7 Å². The van der Waals surface area contributed by atoms with E-state index in [1.54, 1.807) is 12.1 Å². The zero-order chi connectivity index (χ0) is 12.9. The van der Waals surface area contributed by atoms with Crippen LogP contribution < -0.4 is 10.6 Å². The van der Waals surface area contributed by atoms with Gasteiger partial charge in [-0.15, -0.1) is 0 Å². The van der Waals surface area contributed by atoms with Crippen LogP contribution in [-0.4, -0.2) is 19.6 Å². The lowest BCUT2D eigenvalue weighted by Gasteiger charge is -2.29. The molecule has 1 aromatic carbocycles. The van der Waals surface area contributed by atoms with E-state index < -0.39 is 0 Å². The maximum atomic E-state index is 13.2. The molecule has 3 heteroatoms. The third kappa shape index (κ3) is 4.35. The standard InChI is InChI=1S/C14H23FN2/c1-4-17(9-8-14(2,3)11-16)13-7-5-6-12(15)10-13/h5-7,10H,4,8-9,11,16H2,1-3H3. The summed E-state index contributed by atoms with van der Waals surface area (Å²) in [6.07, 6.45) is 1.01. The number of hydrogen-bond donors (Lipinski definition) is 1. The van der Waals surface area contributed by atoms with E-state index in [4.69, 9.17) is 5.73 Å². The summed E-state index contributed by atoms with van der Waals surface area (Å²) in [5, 5.41) is 0. The van der Waals surface area contributed by atoms with Crippen molar-refractivity contribution in [3.63, 3.8) is 0 Å². The van der Waals surface area contributed by atoms with Crippen LogP contribution >= 0.6 is 0 Å². The maximum Gasteiger partial charge on any atom is 0.125 e. The zero-order valence-corrected chi connectivity index (χ0v) is 11.0.